The Morgan fingerprint density at radius 2 is 2.40 bits per heavy atom. The molecule has 0 aliphatic heterocycles. The molecule has 0 saturated heterocycles. The van der Waals surface area contributed by atoms with Gasteiger partial charge in [0.25, 0.3) is 0 Å². The molecule has 0 bridgehead atoms. The van der Waals surface area contributed by atoms with E-state index in [-0.39, 0.29) is 11.7 Å². The van der Waals surface area contributed by atoms with Crippen LogP contribution in [0.15, 0.2) is 4.99 Å². The zero-order valence-corrected chi connectivity index (χ0v) is 7.07. The van der Waals surface area contributed by atoms with Gasteiger partial charge in [-0.25, -0.2) is 4.99 Å². The van der Waals surface area contributed by atoms with E-state index in [0.29, 0.717) is 13.0 Å². The van der Waals surface area contributed by atoms with Gasteiger partial charge in [0.1, 0.15) is 5.78 Å². The third-order valence-corrected chi connectivity index (χ3v) is 1.46. The van der Waals surface area contributed by atoms with Crippen molar-refractivity contribution >= 4 is 23.2 Å². The molecule has 10 heavy (non-hydrogen) atoms. The number of ketones is 1. The van der Waals surface area contributed by atoms with Crippen LogP contribution in [0.5, 0.6) is 0 Å². The van der Waals surface area contributed by atoms with Gasteiger partial charge in [-0.1, -0.05) is 13.8 Å². The molecule has 3 heteroatoms. The van der Waals surface area contributed by atoms with Crippen LogP contribution >= 0.6 is 12.2 Å². The summed E-state index contributed by atoms with van der Waals surface area (Å²) in [4.78, 5) is 14.6. The highest BCUT2D eigenvalue weighted by molar-refractivity contribution is 7.78. The molecule has 0 heterocycles. The number of hydrogen-bond donors (Lipinski definition) is 0. The lowest BCUT2D eigenvalue weighted by atomic mass is 10.1. The molecule has 0 rings (SSSR count). The third-order valence-electron chi connectivity index (χ3n) is 1.33. The molecule has 0 aliphatic rings. The lowest BCUT2D eigenvalue weighted by Gasteiger charge is -2.02. The second kappa shape index (κ2) is 5.27. The van der Waals surface area contributed by atoms with Crippen molar-refractivity contribution in [2.75, 3.05) is 6.54 Å². The van der Waals surface area contributed by atoms with Gasteiger partial charge in [0, 0.05) is 12.3 Å². The fourth-order valence-electron chi connectivity index (χ4n) is 0.624. The molecular weight excluding hydrogens is 146 g/mol. The van der Waals surface area contributed by atoms with Crippen molar-refractivity contribution in [3.8, 4) is 0 Å². The zero-order valence-electron chi connectivity index (χ0n) is 6.26. The van der Waals surface area contributed by atoms with Crippen LogP contribution < -0.4 is 0 Å². The highest BCUT2D eigenvalue weighted by Crippen LogP contribution is 1.99. The fourth-order valence-corrected chi connectivity index (χ4v) is 0.699. The first kappa shape index (κ1) is 9.47. The van der Waals surface area contributed by atoms with Gasteiger partial charge in [0.15, 0.2) is 0 Å². The molecule has 0 saturated carbocycles. The number of rotatable bonds is 4. The number of aliphatic imine (C=N–C) groups is 1. The van der Waals surface area contributed by atoms with Crippen LogP contribution in [0.2, 0.25) is 0 Å². The second-order valence-electron chi connectivity index (χ2n) is 2.15. The lowest BCUT2D eigenvalue weighted by Crippen LogP contribution is -2.12. The smallest absolute Gasteiger partial charge is 0.137 e. The predicted octanol–water partition coefficient (Wildman–Crippen LogP) is 1.70. The van der Waals surface area contributed by atoms with Gasteiger partial charge in [-0.05, 0) is 12.2 Å². The first-order chi connectivity index (χ1) is 4.72. The van der Waals surface area contributed by atoms with Crippen molar-refractivity contribution in [1.29, 1.82) is 0 Å². The normalized spacial score (nSPS) is 11.8. The summed E-state index contributed by atoms with van der Waals surface area (Å²) in [6, 6.07) is 0. The summed E-state index contributed by atoms with van der Waals surface area (Å²) in [5.74, 6) is 0.231. The van der Waals surface area contributed by atoms with Crippen LogP contribution in [0.1, 0.15) is 20.3 Å². The summed E-state index contributed by atoms with van der Waals surface area (Å²) in [6.07, 6.45) is 0.577. The van der Waals surface area contributed by atoms with Crippen LogP contribution in [-0.2, 0) is 4.79 Å². The molecule has 1 unspecified atom stereocenters. The molecular formula is C7H11NOS. The fraction of sp³-hybridized carbons (Fsp3) is 0.714. The molecule has 0 amide bonds. The second-order valence-corrected chi connectivity index (χ2v) is 2.34. The average molecular weight is 157 g/mol. The highest BCUT2D eigenvalue weighted by atomic mass is 32.1. The summed E-state index contributed by atoms with van der Waals surface area (Å²) < 4.78 is 0. The number of thiocarbonyl (C=S) groups is 1. The summed E-state index contributed by atoms with van der Waals surface area (Å²) in [7, 11) is 0. The van der Waals surface area contributed by atoms with E-state index >= 15 is 0 Å². The zero-order chi connectivity index (χ0) is 7.98. The van der Waals surface area contributed by atoms with Crippen molar-refractivity contribution in [1.82, 2.24) is 0 Å². The molecule has 2 nitrogen and oxygen atoms in total. The van der Waals surface area contributed by atoms with Gasteiger partial charge in [-0.3, -0.25) is 4.79 Å². The van der Waals surface area contributed by atoms with E-state index in [9.17, 15) is 4.79 Å². The van der Waals surface area contributed by atoms with Gasteiger partial charge in [0.2, 0.25) is 0 Å². The van der Waals surface area contributed by atoms with Crippen LogP contribution in [0.3, 0.4) is 0 Å². The van der Waals surface area contributed by atoms with E-state index in [4.69, 9.17) is 0 Å². The molecule has 0 spiro atoms. The first-order valence-electron chi connectivity index (χ1n) is 3.28. The van der Waals surface area contributed by atoms with E-state index in [1.165, 1.54) is 0 Å². The Bertz CT molecular complexity index is 161. The summed E-state index contributed by atoms with van der Waals surface area (Å²) in [5.41, 5.74) is 0. The highest BCUT2D eigenvalue weighted by Gasteiger charge is 2.08. The quantitative estimate of drug-likeness (QED) is 0.459. The Morgan fingerprint density at radius 1 is 1.80 bits per heavy atom. The van der Waals surface area contributed by atoms with Gasteiger partial charge in [-0.15, -0.1) is 0 Å². The Morgan fingerprint density at radius 3 is 2.80 bits per heavy atom. The maximum atomic E-state index is 10.9. The molecule has 56 valence electrons. The molecule has 0 aromatic heterocycles. The van der Waals surface area contributed by atoms with Crippen molar-refractivity contribution in [3.63, 3.8) is 0 Å². The first-order valence-corrected chi connectivity index (χ1v) is 3.69. The Balaban J connectivity index is 3.72. The van der Waals surface area contributed by atoms with E-state index in [2.05, 4.69) is 22.4 Å². The topological polar surface area (TPSA) is 29.4 Å². The molecule has 0 aromatic carbocycles. The van der Waals surface area contributed by atoms with Gasteiger partial charge < -0.3 is 0 Å². The Labute approximate surface area is 66.3 Å². The third kappa shape index (κ3) is 3.49. The number of carbonyl (C=O) groups excluding carboxylic acids is 1. The number of isothiocyanates is 1. The maximum absolute atomic E-state index is 10.9. The van der Waals surface area contributed by atoms with Gasteiger partial charge in [0.05, 0.1) is 11.7 Å². The molecule has 1 atom stereocenters. The largest absolute Gasteiger partial charge is 0.299 e. The summed E-state index contributed by atoms with van der Waals surface area (Å²) in [6.45, 7) is 4.18. The van der Waals surface area contributed by atoms with Crippen LogP contribution in [-0.4, -0.2) is 17.5 Å². The minimum atomic E-state index is 0.000417. The van der Waals surface area contributed by atoms with Crippen LogP contribution in [0.4, 0.5) is 0 Å². The maximum Gasteiger partial charge on any atom is 0.137 e. The minimum Gasteiger partial charge on any atom is -0.299 e. The van der Waals surface area contributed by atoms with E-state index in [0.717, 1.165) is 0 Å². The lowest BCUT2D eigenvalue weighted by molar-refractivity contribution is -0.121. The van der Waals surface area contributed by atoms with E-state index in [1.54, 1.807) is 0 Å². The SMILES string of the molecule is CCC(=O)C(C)CN=C=S. The molecule has 0 N–H and O–H groups in total. The molecule has 0 radical (unpaired) electrons. The molecule has 0 aromatic rings. The monoisotopic (exact) mass is 157 g/mol. The number of hydrogen-bond acceptors (Lipinski definition) is 3. The van der Waals surface area contributed by atoms with Crippen molar-refractivity contribution in [3.05, 3.63) is 0 Å². The van der Waals surface area contributed by atoms with E-state index < -0.39 is 0 Å². The minimum absolute atomic E-state index is 0.000417. The standard InChI is InChI=1S/C7H11NOS/c1-3-7(9)6(2)4-8-5-10/h6H,3-4H2,1-2H3. The van der Waals surface area contributed by atoms with Gasteiger partial charge >= 0.3 is 0 Å². The van der Waals surface area contributed by atoms with Crippen LogP contribution in [0, 0.1) is 5.92 Å². The van der Waals surface area contributed by atoms with Crippen LogP contribution in [0.25, 0.3) is 0 Å². The summed E-state index contributed by atoms with van der Waals surface area (Å²) >= 11 is 4.37. The Kier molecular flexibility index (Phi) is 4.99. The van der Waals surface area contributed by atoms with Crippen molar-refractivity contribution in [2.45, 2.75) is 20.3 Å². The molecule has 0 aliphatic carbocycles. The average Bonchev–Trinajstić information content (AvgIpc) is 1.98. The predicted molar refractivity (Wildman–Crippen MR) is 44.4 cm³/mol. The van der Waals surface area contributed by atoms with E-state index in [1.807, 2.05) is 13.8 Å². The Hall–Kier alpha value is -0.530. The number of Topliss-reactive ketones (excluding diaryl/α,β-unsaturated/α-hetero) is 1. The van der Waals surface area contributed by atoms with Gasteiger partial charge in [-0.2, -0.15) is 0 Å². The summed E-state index contributed by atoms with van der Waals surface area (Å²) in [5, 5.41) is 2.23. The molecule has 0 fully saturated rings. The number of nitrogens with zero attached hydrogens (tertiary/aromatic N) is 1. The van der Waals surface area contributed by atoms with Crippen molar-refractivity contribution in [2.24, 2.45) is 10.9 Å². The number of carbonyl (C=O) groups is 1. The van der Waals surface area contributed by atoms with Crippen molar-refractivity contribution < 1.29 is 4.79 Å².